The highest BCUT2D eigenvalue weighted by atomic mass is 16.4. The molecule has 148 valence electrons. The predicted molar refractivity (Wildman–Crippen MR) is 104 cm³/mol. The van der Waals surface area contributed by atoms with Gasteiger partial charge >= 0.3 is 6.09 Å². The van der Waals surface area contributed by atoms with E-state index in [1.807, 2.05) is 26.8 Å². The number of benzene rings is 1. The number of rotatable bonds is 5. The summed E-state index contributed by atoms with van der Waals surface area (Å²) < 4.78 is 0. The van der Waals surface area contributed by atoms with Crippen LogP contribution < -0.4 is 10.6 Å². The molecule has 6 nitrogen and oxygen atoms in total. The lowest BCUT2D eigenvalue weighted by molar-refractivity contribution is -0.126. The van der Waals surface area contributed by atoms with E-state index in [0.29, 0.717) is 11.8 Å². The first-order valence-corrected chi connectivity index (χ1v) is 9.80. The van der Waals surface area contributed by atoms with Crippen molar-refractivity contribution in [3.05, 3.63) is 35.9 Å². The third-order valence-electron chi connectivity index (χ3n) is 5.91. The second kappa shape index (κ2) is 7.89. The van der Waals surface area contributed by atoms with Crippen LogP contribution in [0.3, 0.4) is 0 Å². The Morgan fingerprint density at radius 2 is 1.89 bits per heavy atom. The van der Waals surface area contributed by atoms with Crippen LogP contribution in [0, 0.1) is 17.3 Å². The van der Waals surface area contributed by atoms with Crippen molar-refractivity contribution in [3.63, 3.8) is 0 Å². The Morgan fingerprint density at radius 1 is 1.19 bits per heavy atom. The second-order valence-corrected chi connectivity index (χ2v) is 9.04. The van der Waals surface area contributed by atoms with Crippen LogP contribution in [0.5, 0.6) is 0 Å². The Labute approximate surface area is 161 Å². The van der Waals surface area contributed by atoms with Crippen molar-refractivity contribution in [1.82, 2.24) is 15.5 Å². The maximum Gasteiger partial charge on any atom is 0.405 e. The lowest BCUT2D eigenvalue weighted by atomic mass is 9.85. The van der Waals surface area contributed by atoms with Crippen molar-refractivity contribution in [2.75, 3.05) is 13.1 Å². The van der Waals surface area contributed by atoms with Crippen molar-refractivity contribution in [3.8, 4) is 0 Å². The fourth-order valence-corrected chi connectivity index (χ4v) is 4.57. The first-order valence-electron chi connectivity index (χ1n) is 9.80. The summed E-state index contributed by atoms with van der Waals surface area (Å²) in [5.74, 6) is 0.847. The van der Waals surface area contributed by atoms with Crippen LogP contribution in [0.2, 0.25) is 0 Å². The number of hydrogen-bond acceptors (Lipinski definition) is 3. The molecule has 0 radical (unpaired) electrons. The molecule has 1 saturated heterocycles. The van der Waals surface area contributed by atoms with Gasteiger partial charge in [0.05, 0.1) is 0 Å². The van der Waals surface area contributed by atoms with E-state index in [1.54, 1.807) is 0 Å². The molecule has 1 saturated carbocycles. The van der Waals surface area contributed by atoms with E-state index in [-0.39, 0.29) is 11.9 Å². The first-order chi connectivity index (χ1) is 12.7. The number of nitrogens with one attached hydrogen (secondary N) is 2. The maximum atomic E-state index is 12.8. The zero-order chi connectivity index (χ0) is 19.6. The summed E-state index contributed by atoms with van der Waals surface area (Å²) in [6.45, 7) is 8.63. The summed E-state index contributed by atoms with van der Waals surface area (Å²) in [6, 6.07) is 9.84. The molecule has 0 unspecified atom stereocenters. The van der Waals surface area contributed by atoms with Gasteiger partial charge in [-0.25, -0.2) is 4.79 Å². The number of nitrogens with zero attached hydrogens (tertiary/aromatic N) is 1. The molecule has 2 fully saturated rings. The maximum absolute atomic E-state index is 12.8. The fraction of sp³-hybridized carbons (Fsp3) is 0.619. The molecule has 2 aliphatic rings. The van der Waals surface area contributed by atoms with Gasteiger partial charge in [0, 0.05) is 25.7 Å². The van der Waals surface area contributed by atoms with Crippen molar-refractivity contribution in [1.29, 1.82) is 0 Å². The van der Waals surface area contributed by atoms with Crippen molar-refractivity contribution in [2.24, 2.45) is 17.3 Å². The highest BCUT2D eigenvalue weighted by molar-refractivity contribution is 5.86. The average molecular weight is 373 g/mol. The lowest BCUT2D eigenvalue weighted by Gasteiger charge is -2.31. The second-order valence-electron chi connectivity index (χ2n) is 9.04. The van der Waals surface area contributed by atoms with Crippen LogP contribution in [0.4, 0.5) is 4.79 Å². The molecule has 1 aromatic carbocycles. The molecule has 0 bridgehead atoms. The number of amides is 2. The van der Waals surface area contributed by atoms with E-state index in [9.17, 15) is 9.59 Å². The predicted octanol–water partition coefficient (Wildman–Crippen LogP) is 2.70. The minimum atomic E-state index is -1.16. The van der Waals surface area contributed by atoms with Crippen molar-refractivity contribution >= 4 is 12.0 Å². The number of likely N-dealkylation sites (tertiary alicyclic amines) is 1. The van der Waals surface area contributed by atoms with Gasteiger partial charge in [0.15, 0.2) is 0 Å². The van der Waals surface area contributed by atoms with E-state index >= 15 is 0 Å². The first kappa shape index (κ1) is 19.7. The number of carbonyl (C=O) groups is 2. The zero-order valence-electron chi connectivity index (χ0n) is 16.4. The summed E-state index contributed by atoms with van der Waals surface area (Å²) in [5.41, 5.74) is 0.840. The smallest absolute Gasteiger partial charge is 0.405 e. The summed E-state index contributed by atoms with van der Waals surface area (Å²) in [7, 11) is 0. The molecule has 3 N–H and O–H groups in total. The van der Waals surface area contributed by atoms with Crippen LogP contribution >= 0.6 is 0 Å². The monoisotopic (exact) mass is 373 g/mol. The van der Waals surface area contributed by atoms with Gasteiger partial charge < -0.3 is 15.7 Å². The standard InChI is InChI=1S/C21H31N3O3/c1-21(2,3)18(23-20(26)27)19(25)22-17-10-9-15-12-24(13-16(15)17)11-14-7-5-4-6-8-14/h4-8,15-18,23H,9-13H2,1-3H3,(H,22,25)(H,26,27)/t15-,16+,17+,18-/m1/s1. The molecule has 1 aliphatic heterocycles. The third-order valence-corrected chi connectivity index (χ3v) is 5.91. The van der Waals surface area contributed by atoms with Gasteiger partial charge in [-0.1, -0.05) is 51.1 Å². The van der Waals surface area contributed by atoms with Crippen LogP contribution in [0.1, 0.15) is 39.2 Å². The number of hydrogen-bond donors (Lipinski definition) is 3. The van der Waals surface area contributed by atoms with Gasteiger partial charge in [-0.05, 0) is 35.7 Å². The van der Waals surface area contributed by atoms with Gasteiger partial charge in [-0.2, -0.15) is 0 Å². The van der Waals surface area contributed by atoms with E-state index in [4.69, 9.17) is 5.11 Å². The van der Waals surface area contributed by atoms with Gasteiger partial charge in [-0.15, -0.1) is 0 Å². The molecular formula is C21H31N3O3. The highest BCUT2D eigenvalue weighted by Gasteiger charge is 2.44. The van der Waals surface area contributed by atoms with Crippen molar-refractivity contribution < 1.29 is 14.7 Å². The van der Waals surface area contributed by atoms with Crippen LogP contribution in [-0.2, 0) is 11.3 Å². The molecule has 27 heavy (non-hydrogen) atoms. The molecule has 6 heteroatoms. The Balaban J connectivity index is 1.60. The molecule has 2 amide bonds. The average Bonchev–Trinajstić information content (AvgIpc) is 3.14. The van der Waals surface area contributed by atoms with Gasteiger partial charge in [0.25, 0.3) is 0 Å². The molecule has 0 spiro atoms. The van der Waals surface area contributed by atoms with Gasteiger partial charge in [-0.3, -0.25) is 9.69 Å². The molecule has 1 heterocycles. The highest BCUT2D eigenvalue weighted by Crippen LogP contribution is 2.39. The molecule has 3 rings (SSSR count). The van der Waals surface area contributed by atoms with Crippen LogP contribution in [0.15, 0.2) is 30.3 Å². The molecule has 0 aromatic heterocycles. The minimum absolute atomic E-state index is 0.128. The van der Waals surface area contributed by atoms with E-state index in [2.05, 4.69) is 39.8 Å². The Bertz CT molecular complexity index is 671. The Hall–Kier alpha value is -2.08. The Morgan fingerprint density at radius 3 is 2.52 bits per heavy atom. The van der Waals surface area contributed by atoms with E-state index in [0.717, 1.165) is 32.5 Å². The lowest BCUT2D eigenvalue weighted by Crippen LogP contribution is -2.55. The minimum Gasteiger partial charge on any atom is -0.465 e. The van der Waals surface area contributed by atoms with E-state index in [1.165, 1.54) is 5.56 Å². The van der Waals surface area contributed by atoms with Crippen LogP contribution in [0.25, 0.3) is 0 Å². The molecule has 1 aromatic rings. The SMILES string of the molecule is CC(C)(C)[C@H](NC(=O)O)C(=O)N[C@H]1CC[C@@H]2CN(Cc3ccccc3)C[C@@H]21. The molecular weight excluding hydrogens is 342 g/mol. The summed E-state index contributed by atoms with van der Waals surface area (Å²) in [5, 5.41) is 14.6. The Kier molecular flexibility index (Phi) is 5.75. The number of carboxylic acid groups (broad SMARTS) is 1. The van der Waals surface area contributed by atoms with Crippen molar-refractivity contribution in [2.45, 2.75) is 52.2 Å². The summed E-state index contributed by atoms with van der Waals surface area (Å²) >= 11 is 0. The normalized spacial score (nSPS) is 26.4. The fourth-order valence-electron chi connectivity index (χ4n) is 4.57. The quantitative estimate of drug-likeness (QED) is 0.741. The molecule has 4 atom stereocenters. The van der Waals surface area contributed by atoms with Gasteiger partial charge in [0.1, 0.15) is 6.04 Å². The third kappa shape index (κ3) is 4.80. The summed E-state index contributed by atoms with van der Waals surface area (Å²) in [4.78, 5) is 26.4. The number of fused-ring (bicyclic) bond motifs is 1. The molecule has 1 aliphatic carbocycles. The largest absolute Gasteiger partial charge is 0.465 e. The van der Waals surface area contributed by atoms with E-state index < -0.39 is 17.6 Å². The summed E-state index contributed by atoms with van der Waals surface area (Å²) in [6.07, 6.45) is 0.932. The van der Waals surface area contributed by atoms with Gasteiger partial charge in [0.2, 0.25) is 5.91 Å². The topological polar surface area (TPSA) is 81.7 Å². The number of carbonyl (C=O) groups excluding carboxylic acids is 1. The van der Waals surface area contributed by atoms with Crippen LogP contribution in [-0.4, -0.2) is 47.2 Å². The zero-order valence-corrected chi connectivity index (χ0v) is 16.4.